The van der Waals surface area contributed by atoms with Crippen LogP contribution in [0.1, 0.15) is 28.9 Å². The van der Waals surface area contributed by atoms with Crippen molar-refractivity contribution in [2.75, 3.05) is 6.61 Å². The highest BCUT2D eigenvalue weighted by molar-refractivity contribution is 5.94. The Balaban J connectivity index is 1.95. The first-order chi connectivity index (χ1) is 10.8. The zero-order valence-corrected chi connectivity index (χ0v) is 12.3. The minimum absolute atomic E-state index is 0.185. The second kappa shape index (κ2) is 7.13. The fourth-order valence-electron chi connectivity index (χ4n) is 1.86. The molecule has 4 nitrogen and oxygen atoms in total. The Bertz CT molecular complexity index is 643. The van der Waals surface area contributed by atoms with E-state index in [-0.39, 0.29) is 23.4 Å². The number of pyridine rings is 1. The van der Waals surface area contributed by atoms with E-state index in [0.717, 1.165) is 5.56 Å². The number of carbonyl (C=O) groups excluding carboxylic acids is 1. The number of benzene rings is 1. The van der Waals surface area contributed by atoms with Crippen molar-refractivity contribution in [1.82, 2.24) is 10.3 Å². The first-order valence-electron chi connectivity index (χ1n) is 6.86. The summed E-state index contributed by atoms with van der Waals surface area (Å²) in [5, 5.41) is 2.79. The van der Waals surface area contributed by atoms with E-state index in [1.54, 1.807) is 0 Å². The summed E-state index contributed by atoms with van der Waals surface area (Å²) in [6.07, 6.45) is -3.25. The number of halogens is 3. The number of nitrogens with zero attached hydrogens (tertiary/aromatic N) is 1. The monoisotopic (exact) mass is 324 g/mol. The van der Waals surface area contributed by atoms with E-state index in [4.69, 9.17) is 0 Å². The molecule has 1 unspecified atom stereocenters. The second-order valence-electron chi connectivity index (χ2n) is 4.89. The van der Waals surface area contributed by atoms with Gasteiger partial charge in [0.1, 0.15) is 0 Å². The zero-order chi connectivity index (χ0) is 16.9. The second-order valence-corrected chi connectivity index (χ2v) is 4.89. The maximum Gasteiger partial charge on any atom is 0.422 e. The molecule has 122 valence electrons. The SMILES string of the molecule is CC(NC(=O)c1ccc(OCC(F)(F)F)nc1)c1ccccc1. The van der Waals surface area contributed by atoms with Crippen LogP contribution in [0.4, 0.5) is 13.2 Å². The molecule has 7 heteroatoms. The molecule has 23 heavy (non-hydrogen) atoms. The lowest BCUT2D eigenvalue weighted by atomic mass is 10.1. The molecule has 1 aromatic carbocycles. The molecular formula is C16H15F3N2O2. The van der Waals surface area contributed by atoms with Crippen molar-refractivity contribution in [2.45, 2.75) is 19.1 Å². The largest absolute Gasteiger partial charge is 0.468 e. The van der Waals surface area contributed by atoms with Gasteiger partial charge in [0.25, 0.3) is 5.91 Å². The number of aromatic nitrogens is 1. The van der Waals surface area contributed by atoms with E-state index >= 15 is 0 Å². The molecule has 1 aromatic heterocycles. The van der Waals surface area contributed by atoms with Crippen LogP contribution >= 0.6 is 0 Å². The Morgan fingerprint density at radius 1 is 1.22 bits per heavy atom. The van der Waals surface area contributed by atoms with Crippen LogP contribution in [-0.2, 0) is 0 Å². The summed E-state index contributed by atoms with van der Waals surface area (Å²) < 4.78 is 40.6. The molecular weight excluding hydrogens is 309 g/mol. The van der Waals surface area contributed by atoms with Gasteiger partial charge in [-0.25, -0.2) is 4.98 Å². The molecule has 1 heterocycles. The van der Waals surface area contributed by atoms with Crippen molar-refractivity contribution >= 4 is 5.91 Å². The summed E-state index contributed by atoms with van der Waals surface area (Å²) in [5.41, 5.74) is 1.19. The van der Waals surface area contributed by atoms with Gasteiger partial charge in [0.05, 0.1) is 11.6 Å². The number of nitrogens with one attached hydrogen (secondary N) is 1. The predicted molar refractivity (Wildman–Crippen MR) is 78.1 cm³/mol. The smallest absolute Gasteiger partial charge is 0.422 e. The Morgan fingerprint density at radius 2 is 1.91 bits per heavy atom. The molecule has 2 rings (SSSR count). The van der Waals surface area contributed by atoms with E-state index in [9.17, 15) is 18.0 Å². The summed E-state index contributed by atoms with van der Waals surface area (Å²) in [7, 11) is 0. The average molecular weight is 324 g/mol. The molecule has 1 atom stereocenters. The van der Waals surface area contributed by atoms with Gasteiger partial charge in [-0.05, 0) is 18.6 Å². The summed E-state index contributed by atoms with van der Waals surface area (Å²) >= 11 is 0. The third-order valence-electron chi connectivity index (χ3n) is 3.03. The maximum absolute atomic E-state index is 12.1. The highest BCUT2D eigenvalue weighted by atomic mass is 19.4. The number of rotatable bonds is 5. The van der Waals surface area contributed by atoms with Gasteiger partial charge >= 0.3 is 6.18 Å². The summed E-state index contributed by atoms with van der Waals surface area (Å²) in [5.74, 6) is -0.550. The summed E-state index contributed by atoms with van der Waals surface area (Å²) in [4.78, 5) is 15.8. The van der Waals surface area contributed by atoms with Gasteiger partial charge < -0.3 is 10.1 Å². The van der Waals surface area contributed by atoms with E-state index in [2.05, 4.69) is 15.0 Å². The quantitative estimate of drug-likeness (QED) is 0.915. The van der Waals surface area contributed by atoms with E-state index in [1.807, 2.05) is 37.3 Å². The maximum atomic E-state index is 12.1. The number of hydrogen-bond acceptors (Lipinski definition) is 3. The highest BCUT2D eigenvalue weighted by Gasteiger charge is 2.28. The minimum Gasteiger partial charge on any atom is -0.468 e. The van der Waals surface area contributed by atoms with Gasteiger partial charge in [-0.2, -0.15) is 13.2 Å². The lowest BCUT2D eigenvalue weighted by Gasteiger charge is -2.14. The summed E-state index contributed by atoms with van der Waals surface area (Å²) in [6.45, 7) is 0.415. The van der Waals surface area contributed by atoms with Crippen LogP contribution in [0.15, 0.2) is 48.7 Å². The van der Waals surface area contributed by atoms with E-state index < -0.39 is 12.8 Å². The van der Waals surface area contributed by atoms with Crippen LogP contribution in [0.3, 0.4) is 0 Å². The molecule has 1 amide bonds. The predicted octanol–water partition coefficient (Wildman–Crippen LogP) is 3.51. The van der Waals surface area contributed by atoms with Crippen LogP contribution in [0.25, 0.3) is 0 Å². The number of amides is 1. The normalized spacial score (nSPS) is 12.5. The zero-order valence-electron chi connectivity index (χ0n) is 12.3. The molecule has 2 aromatic rings. The van der Waals surface area contributed by atoms with Gasteiger partial charge in [-0.3, -0.25) is 4.79 Å². The van der Waals surface area contributed by atoms with Crippen molar-refractivity contribution in [3.8, 4) is 5.88 Å². The van der Waals surface area contributed by atoms with Crippen LogP contribution in [0, 0.1) is 0 Å². The number of alkyl halides is 3. The molecule has 0 aliphatic rings. The Kier molecular flexibility index (Phi) is 5.20. The lowest BCUT2D eigenvalue weighted by Crippen LogP contribution is -2.26. The van der Waals surface area contributed by atoms with Gasteiger partial charge in [0, 0.05) is 12.3 Å². The topological polar surface area (TPSA) is 51.2 Å². The van der Waals surface area contributed by atoms with Gasteiger partial charge in [0.2, 0.25) is 5.88 Å². The van der Waals surface area contributed by atoms with Crippen LogP contribution < -0.4 is 10.1 Å². The van der Waals surface area contributed by atoms with Crippen molar-refractivity contribution in [1.29, 1.82) is 0 Å². The Hall–Kier alpha value is -2.57. The molecule has 0 saturated carbocycles. The first kappa shape index (κ1) is 16.8. The molecule has 0 saturated heterocycles. The number of carbonyl (C=O) groups is 1. The molecule has 1 N–H and O–H groups in total. The fraction of sp³-hybridized carbons (Fsp3) is 0.250. The fourth-order valence-corrected chi connectivity index (χ4v) is 1.86. The number of hydrogen-bond donors (Lipinski definition) is 1. The van der Waals surface area contributed by atoms with Crippen LogP contribution in [0.5, 0.6) is 5.88 Å². The molecule has 0 fully saturated rings. The molecule has 0 radical (unpaired) electrons. The van der Waals surface area contributed by atoms with Crippen molar-refractivity contribution in [3.05, 3.63) is 59.8 Å². The van der Waals surface area contributed by atoms with E-state index in [0.29, 0.717) is 0 Å². The van der Waals surface area contributed by atoms with Crippen LogP contribution in [-0.4, -0.2) is 23.7 Å². The number of ether oxygens (including phenoxy) is 1. The molecule has 0 bridgehead atoms. The third-order valence-corrected chi connectivity index (χ3v) is 3.03. The first-order valence-corrected chi connectivity index (χ1v) is 6.86. The standard InChI is InChI=1S/C16H15F3N2O2/c1-11(12-5-3-2-4-6-12)21-15(22)13-7-8-14(20-9-13)23-10-16(17,18)19/h2-9,11H,10H2,1H3,(H,21,22). The molecule has 0 aliphatic heterocycles. The Labute approximate surface area is 131 Å². The Morgan fingerprint density at radius 3 is 2.48 bits per heavy atom. The minimum atomic E-state index is -4.43. The summed E-state index contributed by atoms with van der Waals surface area (Å²) in [6, 6.07) is 11.8. The molecule has 0 aliphatic carbocycles. The average Bonchev–Trinajstić information content (AvgIpc) is 2.53. The van der Waals surface area contributed by atoms with E-state index in [1.165, 1.54) is 18.3 Å². The third kappa shape index (κ3) is 5.28. The van der Waals surface area contributed by atoms with Crippen molar-refractivity contribution in [2.24, 2.45) is 0 Å². The molecule has 0 spiro atoms. The van der Waals surface area contributed by atoms with Gasteiger partial charge in [-0.15, -0.1) is 0 Å². The van der Waals surface area contributed by atoms with Crippen molar-refractivity contribution in [3.63, 3.8) is 0 Å². The van der Waals surface area contributed by atoms with Crippen LogP contribution in [0.2, 0.25) is 0 Å². The highest BCUT2D eigenvalue weighted by Crippen LogP contribution is 2.17. The van der Waals surface area contributed by atoms with Gasteiger partial charge in [0.15, 0.2) is 6.61 Å². The van der Waals surface area contributed by atoms with Crippen molar-refractivity contribution < 1.29 is 22.7 Å². The lowest BCUT2D eigenvalue weighted by molar-refractivity contribution is -0.154. The van der Waals surface area contributed by atoms with Gasteiger partial charge in [-0.1, -0.05) is 30.3 Å².